The van der Waals surface area contributed by atoms with Crippen LogP contribution in [0, 0.1) is 18.3 Å². The molecule has 0 fully saturated rings. The van der Waals surface area contributed by atoms with Crippen molar-refractivity contribution < 1.29 is 9.53 Å². The molecule has 0 aromatic heterocycles. The van der Waals surface area contributed by atoms with Crippen LogP contribution in [0.4, 0.5) is 5.69 Å². The summed E-state index contributed by atoms with van der Waals surface area (Å²) >= 11 is 9.42. The summed E-state index contributed by atoms with van der Waals surface area (Å²) in [5.74, 6) is 0.0745. The number of nitrogens with zero attached hydrogens (tertiary/aromatic N) is 1. The van der Waals surface area contributed by atoms with Crippen LogP contribution in [0.3, 0.4) is 0 Å². The molecule has 0 bridgehead atoms. The minimum Gasteiger partial charge on any atom is -0.488 e. The number of para-hydroxylation sites is 1. The van der Waals surface area contributed by atoms with Gasteiger partial charge in [0.15, 0.2) is 0 Å². The highest BCUT2D eigenvalue weighted by Crippen LogP contribution is 2.24. The van der Waals surface area contributed by atoms with Gasteiger partial charge in [0.05, 0.1) is 0 Å². The van der Waals surface area contributed by atoms with E-state index in [0.717, 1.165) is 15.6 Å². The second kappa shape index (κ2) is 10.1. The van der Waals surface area contributed by atoms with E-state index in [1.165, 1.54) is 6.08 Å². The second-order valence-corrected chi connectivity index (χ2v) is 7.89. The summed E-state index contributed by atoms with van der Waals surface area (Å²) in [5, 5.41) is 12.8. The minimum absolute atomic E-state index is 0.0333. The van der Waals surface area contributed by atoms with Crippen molar-refractivity contribution in [3.05, 3.63) is 98.5 Å². The number of hydrogen-bond acceptors (Lipinski definition) is 3. The fourth-order valence-electron chi connectivity index (χ4n) is 2.70. The average Bonchev–Trinajstić information content (AvgIpc) is 2.74. The van der Waals surface area contributed by atoms with Crippen molar-refractivity contribution in [2.75, 3.05) is 5.32 Å². The van der Waals surface area contributed by atoms with Crippen LogP contribution in [-0.2, 0) is 11.4 Å². The molecule has 0 aliphatic carbocycles. The molecule has 0 unspecified atom stereocenters. The molecule has 0 spiro atoms. The van der Waals surface area contributed by atoms with Gasteiger partial charge in [0.1, 0.15) is 24.0 Å². The molecule has 6 heteroatoms. The molecule has 0 saturated heterocycles. The molecule has 150 valence electrons. The Morgan fingerprint density at radius 1 is 1.17 bits per heavy atom. The number of hydrogen-bond donors (Lipinski definition) is 1. The first-order chi connectivity index (χ1) is 14.5. The summed E-state index contributed by atoms with van der Waals surface area (Å²) in [6.45, 7) is 2.22. The lowest BCUT2D eigenvalue weighted by atomic mass is 10.1. The first-order valence-corrected chi connectivity index (χ1v) is 10.3. The Bertz CT molecular complexity index is 1130. The van der Waals surface area contributed by atoms with Crippen molar-refractivity contribution in [1.29, 1.82) is 5.26 Å². The third kappa shape index (κ3) is 5.73. The molecule has 0 heterocycles. The summed E-state index contributed by atoms with van der Waals surface area (Å²) in [4.78, 5) is 12.6. The molecule has 1 N–H and O–H groups in total. The van der Waals surface area contributed by atoms with Crippen LogP contribution in [0.25, 0.3) is 6.08 Å². The van der Waals surface area contributed by atoms with Crippen LogP contribution in [0.5, 0.6) is 5.75 Å². The van der Waals surface area contributed by atoms with Crippen molar-refractivity contribution >= 4 is 45.2 Å². The number of carbonyl (C=O) groups is 1. The van der Waals surface area contributed by atoms with Crippen LogP contribution in [0.15, 0.2) is 76.8 Å². The van der Waals surface area contributed by atoms with Crippen molar-refractivity contribution in [2.45, 2.75) is 13.5 Å². The summed E-state index contributed by atoms with van der Waals surface area (Å²) in [7, 11) is 0. The number of amides is 1. The number of rotatable bonds is 6. The van der Waals surface area contributed by atoms with Crippen LogP contribution >= 0.6 is 27.5 Å². The molecule has 0 aliphatic heterocycles. The fraction of sp³-hybridized carbons (Fsp3) is 0.0833. The highest BCUT2D eigenvalue weighted by atomic mass is 79.9. The van der Waals surface area contributed by atoms with Crippen LogP contribution in [0.2, 0.25) is 5.02 Å². The van der Waals surface area contributed by atoms with Crippen LogP contribution < -0.4 is 10.1 Å². The Hall–Kier alpha value is -3.07. The van der Waals surface area contributed by atoms with Gasteiger partial charge in [0.25, 0.3) is 5.91 Å². The minimum atomic E-state index is -0.509. The number of carbonyl (C=O) groups excluding carboxylic acids is 1. The predicted molar refractivity (Wildman–Crippen MR) is 123 cm³/mol. The van der Waals surface area contributed by atoms with Gasteiger partial charge in [-0.3, -0.25) is 4.79 Å². The SMILES string of the molecule is Cc1ccc(Cl)cc1NC(=O)/C(C#N)=C/c1ccccc1OCc1ccc(Br)cc1. The van der Waals surface area contributed by atoms with Gasteiger partial charge in [-0.25, -0.2) is 0 Å². The summed E-state index contributed by atoms with van der Waals surface area (Å²) < 4.78 is 6.92. The molecular formula is C24H18BrClN2O2. The van der Waals surface area contributed by atoms with Crippen molar-refractivity contribution in [3.8, 4) is 11.8 Å². The summed E-state index contributed by atoms with van der Waals surface area (Å²) in [6.07, 6.45) is 1.52. The largest absolute Gasteiger partial charge is 0.488 e. The Labute approximate surface area is 188 Å². The number of anilines is 1. The van der Waals surface area contributed by atoms with Gasteiger partial charge >= 0.3 is 0 Å². The molecule has 1 amide bonds. The molecule has 3 aromatic rings. The van der Waals surface area contributed by atoms with Crippen LogP contribution in [0.1, 0.15) is 16.7 Å². The highest BCUT2D eigenvalue weighted by molar-refractivity contribution is 9.10. The number of benzene rings is 3. The Balaban J connectivity index is 1.80. The van der Waals surface area contributed by atoms with Gasteiger partial charge in [-0.05, 0) is 54.5 Å². The van der Waals surface area contributed by atoms with E-state index in [1.54, 1.807) is 30.3 Å². The molecule has 0 atom stereocenters. The van der Waals surface area contributed by atoms with Crippen LogP contribution in [-0.4, -0.2) is 5.91 Å². The van der Waals surface area contributed by atoms with E-state index in [9.17, 15) is 10.1 Å². The van der Waals surface area contributed by atoms with E-state index in [-0.39, 0.29) is 5.57 Å². The molecule has 30 heavy (non-hydrogen) atoms. The Kier molecular flexibility index (Phi) is 7.29. The fourth-order valence-corrected chi connectivity index (χ4v) is 3.13. The number of aryl methyl sites for hydroxylation is 1. The zero-order valence-electron chi connectivity index (χ0n) is 16.2. The lowest BCUT2D eigenvalue weighted by Crippen LogP contribution is -2.14. The number of halogens is 2. The monoisotopic (exact) mass is 480 g/mol. The Morgan fingerprint density at radius 2 is 1.90 bits per heavy atom. The standard InChI is InChI=1S/C24H18BrClN2O2/c1-16-6-11-21(26)13-22(16)28-24(29)19(14-27)12-18-4-2-3-5-23(18)30-15-17-7-9-20(25)10-8-17/h2-13H,15H2,1H3,(H,28,29)/b19-12+. The van der Waals surface area contributed by atoms with Crippen molar-refractivity contribution in [3.63, 3.8) is 0 Å². The average molecular weight is 482 g/mol. The summed E-state index contributed by atoms with van der Waals surface area (Å²) in [5.41, 5.74) is 3.03. The van der Waals surface area contributed by atoms with Gasteiger partial charge in [0, 0.05) is 20.7 Å². The lowest BCUT2D eigenvalue weighted by Gasteiger charge is -2.11. The summed E-state index contributed by atoms with van der Waals surface area (Å²) in [6, 6.07) is 22.3. The number of nitriles is 1. The molecule has 4 nitrogen and oxygen atoms in total. The first-order valence-electron chi connectivity index (χ1n) is 9.12. The molecular weight excluding hydrogens is 464 g/mol. The van der Waals surface area contributed by atoms with Gasteiger partial charge in [0.2, 0.25) is 0 Å². The second-order valence-electron chi connectivity index (χ2n) is 6.54. The normalized spacial score (nSPS) is 10.9. The van der Waals surface area contributed by atoms with Crippen molar-refractivity contribution in [1.82, 2.24) is 0 Å². The smallest absolute Gasteiger partial charge is 0.266 e. The van der Waals surface area contributed by atoms with Gasteiger partial charge in [-0.2, -0.15) is 5.26 Å². The van der Waals surface area contributed by atoms with E-state index in [4.69, 9.17) is 16.3 Å². The van der Waals surface area contributed by atoms with Gasteiger partial charge in [-0.1, -0.05) is 63.9 Å². The van der Waals surface area contributed by atoms with E-state index < -0.39 is 5.91 Å². The van der Waals surface area contributed by atoms with E-state index in [1.807, 2.05) is 49.4 Å². The van der Waals surface area contributed by atoms with Gasteiger partial charge < -0.3 is 10.1 Å². The maximum absolute atomic E-state index is 12.6. The third-order valence-electron chi connectivity index (χ3n) is 4.34. The molecule has 0 aliphatic rings. The highest BCUT2D eigenvalue weighted by Gasteiger charge is 2.13. The maximum atomic E-state index is 12.6. The number of ether oxygens (including phenoxy) is 1. The Morgan fingerprint density at radius 3 is 2.63 bits per heavy atom. The molecule has 0 saturated carbocycles. The first kappa shape index (κ1) is 21.6. The zero-order valence-corrected chi connectivity index (χ0v) is 18.5. The molecule has 3 aromatic carbocycles. The van der Waals surface area contributed by atoms with E-state index in [2.05, 4.69) is 21.2 Å². The molecule has 3 rings (SSSR count). The van der Waals surface area contributed by atoms with E-state index >= 15 is 0 Å². The topological polar surface area (TPSA) is 62.1 Å². The predicted octanol–water partition coefficient (Wildman–Crippen LogP) is 6.54. The maximum Gasteiger partial charge on any atom is 0.266 e. The zero-order chi connectivity index (χ0) is 21.5. The quantitative estimate of drug-likeness (QED) is 0.321. The van der Waals surface area contributed by atoms with Crippen molar-refractivity contribution in [2.24, 2.45) is 0 Å². The molecule has 0 radical (unpaired) electrons. The lowest BCUT2D eigenvalue weighted by molar-refractivity contribution is -0.112. The number of nitrogens with one attached hydrogen (secondary N) is 1. The van der Waals surface area contributed by atoms with E-state index in [0.29, 0.717) is 28.6 Å². The third-order valence-corrected chi connectivity index (χ3v) is 5.10. The van der Waals surface area contributed by atoms with Gasteiger partial charge in [-0.15, -0.1) is 0 Å².